The van der Waals surface area contributed by atoms with Gasteiger partial charge in [-0.25, -0.2) is 0 Å². The average molecular weight is 283 g/mol. The lowest BCUT2D eigenvalue weighted by Crippen LogP contribution is -3.29. The molecule has 5 heteroatoms. The van der Waals surface area contributed by atoms with Gasteiger partial charge >= 0.3 is 0 Å². The van der Waals surface area contributed by atoms with Crippen molar-refractivity contribution < 1.29 is 14.6 Å². The van der Waals surface area contributed by atoms with Crippen molar-refractivity contribution in [2.45, 2.75) is 26.4 Å². The molecule has 1 saturated heterocycles. The number of carbonyl (C=O) groups excluding carboxylic acids is 1. The highest BCUT2D eigenvalue weighted by atomic mass is 32.1. The molecule has 2 rings (SSSR count). The van der Waals surface area contributed by atoms with E-state index < -0.39 is 0 Å². The van der Waals surface area contributed by atoms with E-state index in [0.29, 0.717) is 0 Å². The highest BCUT2D eigenvalue weighted by Gasteiger charge is 2.30. The molecule has 0 radical (unpaired) electrons. The molecule has 0 spiro atoms. The highest BCUT2D eigenvalue weighted by molar-refractivity contribution is 7.09. The fourth-order valence-electron chi connectivity index (χ4n) is 2.71. The number of thiophene rings is 1. The van der Waals surface area contributed by atoms with Crippen molar-refractivity contribution in [2.75, 3.05) is 32.7 Å². The number of likely N-dealkylation sites (N-methyl/N-ethyl adjacent to an activating group) is 1. The van der Waals surface area contributed by atoms with Crippen LogP contribution in [0.15, 0.2) is 17.5 Å². The van der Waals surface area contributed by atoms with Crippen molar-refractivity contribution in [1.82, 2.24) is 5.32 Å². The van der Waals surface area contributed by atoms with Gasteiger partial charge in [0.15, 0.2) is 6.04 Å². The van der Waals surface area contributed by atoms with Gasteiger partial charge in [0.1, 0.15) is 32.7 Å². The Balaban J connectivity index is 1.77. The lowest BCUT2D eigenvalue weighted by atomic mass is 10.2. The smallest absolute Gasteiger partial charge is 0.278 e. The van der Waals surface area contributed by atoms with Crippen LogP contribution in [-0.2, 0) is 11.3 Å². The maximum Gasteiger partial charge on any atom is 0.278 e. The van der Waals surface area contributed by atoms with Crippen LogP contribution in [0.2, 0.25) is 0 Å². The average Bonchev–Trinajstić information content (AvgIpc) is 2.92. The van der Waals surface area contributed by atoms with Crippen LogP contribution in [0, 0.1) is 0 Å². The first-order valence-electron chi connectivity index (χ1n) is 7.19. The number of quaternary nitrogens is 2. The van der Waals surface area contributed by atoms with Crippen LogP contribution in [0.5, 0.6) is 0 Å². The maximum absolute atomic E-state index is 11.8. The van der Waals surface area contributed by atoms with Crippen molar-refractivity contribution in [3.05, 3.63) is 22.4 Å². The largest absolute Gasteiger partial charge is 0.351 e. The predicted molar refractivity (Wildman–Crippen MR) is 77.6 cm³/mol. The van der Waals surface area contributed by atoms with E-state index in [2.05, 4.69) is 22.8 Å². The van der Waals surface area contributed by atoms with Gasteiger partial charge in [-0.3, -0.25) is 4.79 Å². The van der Waals surface area contributed by atoms with E-state index in [1.807, 2.05) is 25.2 Å². The molecule has 19 heavy (non-hydrogen) atoms. The van der Waals surface area contributed by atoms with E-state index >= 15 is 0 Å². The Morgan fingerprint density at radius 1 is 1.42 bits per heavy atom. The monoisotopic (exact) mass is 283 g/mol. The third-order valence-corrected chi connectivity index (χ3v) is 4.84. The van der Waals surface area contributed by atoms with E-state index in [0.717, 1.165) is 39.3 Å². The molecular formula is C14H25N3OS+2. The van der Waals surface area contributed by atoms with Gasteiger partial charge in [0.2, 0.25) is 0 Å². The maximum atomic E-state index is 11.8. The molecule has 0 unspecified atom stereocenters. The Kier molecular flexibility index (Phi) is 5.36. The summed E-state index contributed by atoms with van der Waals surface area (Å²) in [4.78, 5) is 16.4. The second kappa shape index (κ2) is 7.03. The van der Waals surface area contributed by atoms with Gasteiger partial charge < -0.3 is 15.1 Å². The molecule has 0 aliphatic carbocycles. The Hall–Kier alpha value is -0.910. The summed E-state index contributed by atoms with van der Waals surface area (Å²) >= 11 is 1.84. The van der Waals surface area contributed by atoms with E-state index in [4.69, 9.17) is 0 Å². The van der Waals surface area contributed by atoms with E-state index in [-0.39, 0.29) is 11.9 Å². The Morgan fingerprint density at radius 3 is 2.74 bits per heavy atom. The molecule has 1 atom stereocenters. The first kappa shape index (κ1) is 14.5. The molecule has 1 aromatic rings. The normalized spacial score (nSPS) is 24.9. The second-order valence-corrected chi connectivity index (χ2v) is 6.31. The van der Waals surface area contributed by atoms with Crippen molar-refractivity contribution in [3.63, 3.8) is 0 Å². The van der Waals surface area contributed by atoms with Gasteiger partial charge in [0.05, 0.1) is 4.88 Å². The second-order valence-electron chi connectivity index (χ2n) is 5.28. The lowest BCUT2D eigenvalue weighted by molar-refractivity contribution is -1.02. The molecule has 106 valence electrons. The summed E-state index contributed by atoms with van der Waals surface area (Å²) in [6, 6.07) is 4.43. The topological polar surface area (TPSA) is 38.0 Å². The van der Waals surface area contributed by atoms with Crippen molar-refractivity contribution in [3.8, 4) is 0 Å². The zero-order chi connectivity index (χ0) is 13.7. The number of piperazine rings is 1. The fraction of sp³-hybridized carbons (Fsp3) is 0.643. The lowest BCUT2D eigenvalue weighted by Gasteiger charge is -2.32. The van der Waals surface area contributed by atoms with Gasteiger partial charge in [-0.1, -0.05) is 6.07 Å². The van der Waals surface area contributed by atoms with Gasteiger partial charge in [-0.05, 0) is 25.3 Å². The molecule has 1 aromatic heterocycles. The molecule has 1 aliphatic heterocycles. The molecule has 0 saturated carbocycles. The summed E-state index contributed by atoms with van der Waals surface area (Å²) in [6.07, 6.45) is 0. The number of rotatable bonds is 5. The Morgan fingerprint density at radius 2 is 2.16 bits per heavy atom. The fourth-order valence-corrected chi connectivity index (χ4v) is 3.48. The number of carbonyl (C=O) groups is 1. The zero-order valence-corrected chi connectivity index (χ0v) is 12.7. The van der Waals surface area contributed by atoms with E-state index in [1.165, 1.54) is 9.78 Å². The van der Waals surface area contributed by atoms with E-state index in [9.17, 15) is 4.79 Å². The molecule has 0 bridgehead atoms. The van der Waals surface area contributed by atoms with E-state index in [1.54, 1.807) is 4.90 Å². The summed E-state index contributed by atoms with van der Waals surface area (Å²) < 4.78 is 0. The quantitative estimate of drug-likeness (QED) is 0.608. The minimum atomic E-state index is 0.0863. The molecular weight excluding hydrogens is 258 g/mol. The molecule has 4 nitrogen and oxygen atoms in total. The number of nitrogens with one attached hydrogen (secondary N) is 3. The van der Waals surface area contributed by atoms with Crippen LogP contribution in [0.4, 0.5) is 0 Å². The van der Waals surface area contributed by atoms with Crippen LogP contribution in [0.1, 0.15) is 18.7 Å². The van der Waals surface area contributed by atoms with Crippen LogP contribution in [0.3, 0.4) is 0 Å². The number of hydrogen-bond acceptors (Lipinski definition) is 2. The summed E-state index contributed by atoms with van der Waals surface area (Å²) in [7, 11) is 0. The van der Waals surface area contributed by atoms with Gasteiger partial charge in [-0.2, -0.15) is 0 Å². The van der Waals surface area contributed by atoms with Crippen molar-refractivity contribution in [1.29, 1.82) is 0 Å². The minimum Gasteiger partial charge on any atom is -0.351 e. The summed E-state index contributed by atoms with van der Waals surface area (Å²) in [5.41, 5.74) is 0. The molecule has 2 heterocycles. The Labute approximate surface area is 119 Å². The Bertz CT molecular complexity index is 385. The van der Waals surface area contributed by atoms with Crippen LogP contribution in [-0.4, -0.2) is 44.7 Å². The summed E-state index contributed by atoms with van der Waals surface area (Å²) in [5, 5.41) is 5.07. The minimum absolute atomic E-state index is 0.0863. The van der Waals surface area contributed by atoms with Crippen LogP contribution in [0.25, 0.3) is 0 Å². The zero-order valence-electron chi connectivity index (χ0n) is 11.9. The third kappa shape index (κ3) is 4.03. The van der Waals surface area contributed by atoms with Crippen LogP contribution < -0.4 is 15.1 Å². The first-order valence-corrected chi connectivity index (χ1v) is 8.07. The van der Waals surface area contributed by atoms with Gasteiger partial charge in [0.25, 0.3) is 5.91 Å². The van der Waals surface area contributed by atoms with Gasteiger partial charge in [0, 0.05) is 6.54 Å². The van der Waals surface area contributed by atoms with Crippen molar-refractivity contribution >= 4 is 17.2 Å². The molecule has 1 amide bonds. The van der Waals surface area contributed by atoms with Gasteiger partial charge in [-0.15, -0.1) is 11.3 Å². The van der Waals surface area contributed by atoms with Crippen molar-refractivity contribution in [2.24, 2.45) is 0 Å². The number of hydrogen-bond donors (Lipinski definition) is 3. The predicted octanol–water partition coefficient (Wildman–Crippen LogP) is -1.44. The molecule has 1 aliphatic rings. The SMILES string of the molecule is CCNC(=O)[C@H](C)[NH+]1CC[NH+](Cc2cccs2)CC1. The number of amides is 1. The molecule has 0 aromatic carbocycles. The first-order chi connectivity index (χ1) is 9.20. The molecule has 1 fully saturated rings. The van der Waals surface area contributed by atoms with Crippen LogP contribution >= 0.6 is 11.3 Å². The molecule has 3 N–H and O–H groups in total. The highest BCUT2D eigenvalue weighted by Crippen LogP contribution is 2.05. The summed E-state index contributed by atoms with van der Waals surface area (Å²) in [5.74, 6) is 0.194. The third-order valence-electron chi connectivity index (χ3n) is 3.96. The summed E-state index contributed by atoms with van der Waals surface area (Å²) in [6.45, 7) is 10.4. The standard InChI is InChI=1S/C14H23N3OS/c1-3-15-14(18)12(2)17-8-6-16(7-9-17)11-13-5-4-10-19-13/h4-5,10,12H,3,6-9,11H2,1-2H3,(H,15,18)/p+2/t12-/m0/s1.